The van der Waals surface area contributed by atoms with Crippen molar-refractivity contribution >= 4 is 28.5 Å². The zero-order valence-electron chi connectivity index (χ0n) is 17.2. The van der Waals surface area contributed by atoms with E-state index in [4.69, 9.17) is 0 Å². The van der Waals surface area contributed by atoms with Gasteiger partial charge in [0.15, 0.2) is 5.17 Å². The minimum atomic E-state index is -4.77. The summed E-state index contributed by atoms with van der Waals surface area (Å²) in [6.45, 7) is 0.342. The molecule has 2 aromatic rings. The number of anilines is 1. The van der Waals surface area contributed by atoms with Crippen molar-refractivity contribution in [3.05, 3.63) is 60.2 Å². The molecule has 1 aliphatic heterocycles. The first-order valence-electron chi connectivity index (χ1n) is 10.2. The lowest BCUT2D eigenvalue weighted by Crippen LogP contribution is -2.53. The molecule has 4 rings (SSSR count). The summed E-state index contributed by atoms with van der Waals surface area (Å²) in [6, 6.07) is 13.9. The first-order chi connectivity index (χ1) is 15.7. The number of ether oxygens (including phenoxy) is 1. The van der Waals surface area contributed by atoms with E-state index in [0.29, 0.717) is 17.4 Å². The fraction of sp³-hybridized carbons (Fsp3) is 0.364. The van der Waals surface area contributed by atoms with E-state index in [9.17, 15) is 28.2 Å². The molecule has 1 saturated carbocycles. The van der Waals surface area contributed by atoms with Gasteiger partial charge in [0.1, 0.15) is 11.9 Å². The second-order valence-electron chi connectivity index (χ2n) is 7.81. The number of hydrogen-bond donors (Lipinski definition) is 4. The van der Waals surface area contributed by atoms with Crippen LogP contribution < -0.4 is 15.4 Å². The van der Waals surface area contributed by atoms with E-state index in [2.05, 4.69) is 20.4 Å². The Kier molecular flexibility index (Phi) is 6.82. The average Bonchev–Trinajstić information content (AvgIpc) is 3.19. The number of amides is 1. The van der Waals surface area contributed by atoms with Crippen LogP contribution in [0.4, 0.5) is 18.9 Å². The number of benzene rings is 2. The van der Waals surface area contributed by atoms with Gasteiger partial charge >= 0.3 is 6.36 Å². The van der Waals surface area contributed by atoms with Crippen LogP contribution in [0.5, 0.6) is 5.75 Å². The number of nitrogens with one attached hydrogen (secondary N) is 2. The zero-order valence-corrected chi connectivity index (χ0v) is 18.0. The molecule has 2 aliphatic rings. The third-order valence-corrected chi connectivity index (χ3v) is 6.78. The summed E-state index contributed by atoms with van der Waals surface area (Å²) in [7, 11) is 0. The van der Waals surface area contributed by atoms with Gasteiger partial charge in [-0.15, -0.1) is 13.2 Å². The Morgan fingerprint density at radius 1 is 1.12 bits per heavy atom. The summed E-state index contributed by atoms with van der Waals surface area (Å²) in [4.78, 5) is 17.3. The van der Waals surface area contributed by atoms with Gasteiger partial charge in [0.2, 0.25) is 5.91 Å². The molecule has 1 fully saturated rings. The molecule has 0 radical (unpaired) electrons. The van der Waals surface area contributed by atoms with E-state index in [-0.39, 0.29) is 18.1 Å². The molecule has 11 heteroatoms. The smallest absolute Gasteiger partial charge is 0.406 e. The van der Waals surface area contributed by atoms with Gasteiger partial charge in [0.05, 0.1) is 18.1 Å². The van der Waals surface area contributed by atoms with Crippen molar-refractivity contribution in [3.63, 3.8) is 0 Å². The maximum atomic E-state index is 12.9. The third-order valence-electron chi connectivity index (χ3n) is 5.47. The zero-order chi connectivity index (χ0) is 23.6. The largest absolute Gasteiger partial charge is 0.573 e. The number of amidine groups is 1. The fourth-order valence-electron chi connectivity index (χ4n) is 3.89. The SMILES string of the molecule is O=C(NCc1ccccc1)[C@@H]1C[C@@H](O)[C@H](O)[C@H]2N=C(Nc3ccc(OC(F)(F)F)cc3)S[C@@H]21. The molecule has 1 aliphatic carbocycles. The molecule has 0 saturated heterocycles. The summed E-state index contributed by atoms with van der Waals surface area (Å²) in [6.07, 6.45) is -6.89. The normalized spacial score (nSPS) is 26.8. The number of alkyl halides is 3. The second-order valence-corrected chi connectivity index (χ2v) is 8.97. The number of rotatable bonds is 5. The minimum Gasteiger partial charge on any atom is -0.406 e. The number of nitrogens with zero attached hydrogens (tertiary/aromatic N) is 1. The van der Waals surface area contributed by atoms with Crippen molar-refractivity contribution in [2.75, 3.05) is 5.32 Å². The lowest BCUT2D eigenvalue weighted by molar-refractivity contribution is -0.274. The molecular formula is C22H22F3N3O4S. The topological polar surface area (TPSA) is 103 Å². The highest BCUT2D eigenvalue weighted by atomic mass is 32.2. The summed E-state index contributed by atoms with van der Waals surface area (Å²) in [5, 5.41) is 26.6. The Bertz CT molecular complexity index is 1000. The molecule has 33 heavy (non-hydrogen) atoms. The van der Waals surface area contributed by atoms with Gasteiger partial charge in [-0.05, 0) is 36.2 Å². The lowest BCUT2D eigenvalue weighted by atomic mass is 9.81. The molecule has 2 aromatic carbocycles. The molecule has 1 amide bonds. The molecule has 176 valence electrons. The van der Waals surface area contributed by atoms with E-state index in [1.807, 2.05) is 30.3 Å². The summed E-state index contributed by atoms with van der Waals surface area (Å²) in [5.41, 5.74) is 1.41. The Hall–Kier alpha value is -2.76. The molecule has 0 unspecified atom stereocenters. The van der Waals surface area contributed by atoms with Crippen LogP contribution in [0, 0.1) is 5.92 Å². The van der Waals surface area contributed by atoms with Crippen molar-refractivity contribution < 1.29 is 32.9 Å². The first kappa shape index (κ1) is 23.4. The molecule has 0 bridgehead atoms. The Morgan fingerprint density at radius 2 is 1.82 bits per heavy atom. The highest BCUT2D eigenvalue weighted by Gasteiger charge is 2.50. The number of aliphatic hydroxyl groups is 2. The average molecular weight is 481 g/mol. The Balaban J connectivity index is 1.41. The number of thioether (sulfide) groups is 1. The quantitative estimate of drug-likeness (QED) is 0.524. The summed E-state index contributed by atoms with van der Waals surface area (Å²) in [5.74, 6) is -1.17. The van der Waals surface area contributed by atoms with Gasteiger partial charge in [0.25, 0.3) is 0 Å². The molecular weight excluding hydrogens is 459 g/mol. The van der Waals surface area contributed by atoms with Crippen LogP contribution in [0.2, 0.25) is 0 Å². The number of carbonyl (C=O) groups is 1. The lowest BCUT2D eigenvalue weighted by Gasteiger charge is -2.37. The number of fused-ring (bicyclic) bond motifs is 1. The van der Waals surface area contributed by atoms with E-state index in [1.165, 1.54) is 36.0 Å². The highest BCUT2D eigenvalue weighted by Crippen LogP contribution is 2.41. The number of hydrogen-bond acceptors (Lipinski definition) is 7. The molecule has 7 nitrogen and oxygen atoms in total. The van der Waals surface area contributed by atoms with E-state index < -0.39 is 35.8 Å². The number of aliphatic imine (C=N–C) groups is 1. The molecule has 4 N–H and O–H groups in total. The van der Waals surface area contributed by atoms with Crippen LogP contribution in [0.3, 0.4) is 0 Å². The third kappa shape index (κ3) is 5.79. The van der Waals surface area contributed by atoms with Crippen LogP contribution >= 0.6 is 11.8 Å². The van der Waals surface area contributed by atoms with Crippen molar-refractivity contribution in [1.29, 1.82) is 0 Å². The van der Waals surface area contributed by atoms with Crippen LogP contribution in [0.1, 0.15) is 12.0 Å². The van der Waals surface area contributed by atoms with Gasteiger partial charge < -0.3 is 25.6 Å². The fourth-order valence-corrected chi connectivity index (χ4v) is 5.26. The predicted octanol–water partition coefficient (Wildman–Crippen LogP) is 2.90. The van der Waals surface area contributed by atoms with Crippen LogP contribution in [0.25, 0.3) is 0 Å². The van der Waals surface area contributed by atoms with Crippen molar-refractivity contribution in [2.24, 2.45) is 10.9 Å². The maximum Gasteiger partial charge on any atom is 0.573 e. The van der Waals surface area contributed by atoms with E-state index in [0.717, 1.165) is 5.56 Å². The second kappa shape index (κ2) is 9.62. The summed E-state index contributed by atoms with van der Waals surface area (Å²) >= 11 is 1.26. The molecule has 0 spiro atoms. The maximum absolute atomic E-state index is 12.9. The van der Waals surface area contributed by atoms with Gasteiger partial charge in [-0.2, -0.15) is 0 Å². The van der Waals surface area contributed by atoms with Gasteiger partial charge in [-0.1, -0.05) is 42.1 Å². The van der Waals surface area contributed by atoms with Crippen LogP contribution in [-0.2, 0) is 11.3 Å². The predicted molar refractivity (Wildman–Crippen MR) is 118 cm³/mol. The molecule has 0 aromatic heterocycles. The summed E-state index contributed by atoms with van der Waals surface area (Å²) < 4.78 is 40.8. The van der Waals surface area contributed by atoms with E-state index in [1.54, 1.807) is 0 Å². The van der Waals surface area contributed by atoms with Crippen LogP contribution in [-0.4, -0.2) is 51.1 Å². The van der Waals surface area contributed by atoms with Crippen molar-refractivity contribution in [3.8, 4) is 5.75 Å². The molecule has 1 heterocycles. The highest BCUT2D eigenvalue weighted by molar-refractivity contribution is 8.15. The van der Waals surface area contributed by atoms with Crippen molar-refractivity contribution in [2.45, 2.75) is 42.8 Å². The number of halogens is 3. The molecule has 5 atom stereocenters. The van der Waals surface area contributed by atoms with Gasteiger partial charge in [0, 0.05) is 17.5 Å². The van der Waals surface area contributed by atoms with Gasteiger partial charge in [-0.25, -0.2) is 0 Å². The Labute approximate surface area is 192 Å². The minimum absolute atomic E-state index is 0.0994. The number of aliphatic hydroxyl groups excluding tert-OH is 2. The van der Waals surface area contributed by atoms with Crippen molar-refractivity contribution in [1.82, 2.24) is 5.32 Å². The van der Waals surface area contributed by atoms with Crippen LogP contribution in [0.15, 0.2) is 59.6 Å². The van der Waals surface area contributed by atoms with Gasteiger partial charge in [-0.3, -0.25) is 9.79 Å². The standard InChI is InChI=1S/C22H22F3N3O4S/c23-22(24,25)32-14-8-6-13(7-9-14)27-21-28-17-18(30)16(29)10-15(19(17)33-21)20(31)26-11-12-4-2-1-3-5-12/h1-9,15-19,29-30H,10-11H2,(H,26,31)(H,27,28)/t15-,16-,17-,18+,19-/m1/s1. The first-order valence-corrected chi connectivity index (χ1v) is 11.1. The Morgan fingerprint density at radius 3 is 2.48 bits per heavy atom. The number of carbonyl (C=O) groups excluding carboxylic acids is 1. The monoisotopic (exact) mass is 481 g/mol. The van der Waals surface area contributed by atoms with E-state index >= 15 is 0 Å².